The third-order valence-electron chi connectivity index (χ3n) is 1.76. The summed E-state index contributed by atoms with van der Waals surface area (Å²) in [5, 5.41) is 8.55. The molecule has 1 atom stereocenters. The second-order valence-corrected chi connectivity index (χ2v) is 2.68. The van der Waals surface area contributed by atoms with Gasteiger partial charge in [-0.15, -0.1) is 0 Å². The van der Waals surface area contributed by atoms with E-state index in [2.05, 4.69) is 4.98 Å². The van der Waals surface area contributed by atoms with Gasteiger partial charge in [0.2, 0.25) is 5.91 Å². The highest BCUT2D eigenvalue weighted by Gasteiger charge is 2.12. The number of hydrogen-bond acceptors (Lipinski definition) is 3. The number of hydrogen-bond donors (Lipinski definition) is 1. The first-order chi connectivity index (χ1) is 6.15. The number of primary amides is 1. The Morgan fingerprint density at radius 2 is 2.38 bits per heavy atom. The summed E-state index contributed by atoms with van der Waals surface area (Å²) < 4.78 is 0. The van der Waals surface area contributed by atoms with Gasteiger partial charge in [0.1, 0.15) is 11.8 Å². The van der Waals surface area contributed by atoms with Gasteiger partial charge in [0.25, 0.3) is 0 Å². The van der Waals surface area contributed by atoms with Crippen LogP contribution in [0.4, 0.5) is 0 Å². The summed E-state index contributed by atoms with van der Waals surface area (Å²) >= 11 is 0. The van der Waals surface area contributed by atoms with Gasteiger partial charge in [0.15, 0.2) is 0 Å². The van der Waals surface area contributed by atoms with Crippen molar-refractivity contribution in [1.82, 2.24) is 4.98 Å². The Labute approximate surface area is 76.0 Å². The maximum atomic E-state index is 10.8. The number of nitrogens with zero attached hydrogens (tertiary/aromatic N) is 2. The van der Waals surface area contributed by atoms with Crippen LogP contribution in [0.3, 0.4) is 0 Å². The molecule has 0 saturated heterocycles. The Kier molecular flexibility index (Phi) is 2.60. The molecule has 2 N–H and O–H groups in total. The van der Waals surface area contributed by atoms with Crippen LogP contribution in [0.1, 0.15) is 24.2 Å². The van der Waals surface area contributed by atoms with Crippen LogP contribution in [0.5, 0.6) is 0 Å². The fraction of sp³-hybridized carbons (Fsp3) is 0.222. The van der Waals surface area contributed by atoms with Gasteiger partial charge in [0.05, 0.1) is 11.6 Å². The van der Waals surface area contributed by atoms with E-state index < -0.39 is 11.8 Å². The molecule has 0 fully saturated rings. The molecule has 0 radical (unpaired) electrons. The van der Waals surface area contributed by atoms with Gasteiger partial charge < -0.3 is 5.73 Å². The summed E-state index contributed by atoms with van der Waals surface area (Å²) in [6.07, 6.45) is 0. The van der Waals surface area contributed by atoms with Gasteiger partial charge in [-0.3, -0.25) is 4.79 Å². The molecule has 0 saturated carbocycles. The van der Waals surface area contributed by atoms with Crippen molar-refractivity contribution in [2.45, 2.75) is 12.8 Å². The molecule has 66 valence electrons. The molecule has 1 unspecified atom stereocenters. The molecule has 1 aromatic rings. The van der Waals surface area contributed by atoms with Crippen molar-refractivity contribution in [3.63, 3.8) is 0 Å². The summed E-state index contributed by atoms with van der Waals surface area (Å²) in [6, 6.07) is 6.84. The van der Waals surface area contributed by atoms with Crippen molar-refractivity contribution in [2.75, 3.05) is 0 Å². The van der Waals surface area contributed by atoms with E-state index in [1.54, 1.807) is 25.1 Å². The number of aromatic nitrogens is 1. The van der Waals surface area contributed by atoms with E-state index in [0.29, 0.717) is 11.4 Å². The highest BCUT2D eigenvalue weighted by molar-refractivity contribution is 5.80. The average molecular weight is 175 g/mol. The third kappa shape index (κ3) is 2.03. The van der Waals surface area contributed by atoms with Gasteiger partial charge >= 0.3 is 0 Å². The Bertz CT molecular complexity index is 367. The number of amides is 1. The fourth-order valence-electron chi connectivity index (χ4n) is 0.901. The summed E-state index contributed by atoms with van der Waals surface area (Å²) in [7, 11) is 0. The minimum absolute atomic E-state index is 0.297. The topological polar surface area (TPSA) is 79.8 Å². The van der Waals surface area contributed by atoms with Gasteiger partial charge in [-0.2, -0.15) is 5.26 Å². The summed E-state index contributed by atoms with van der Waals surface area (Å²) in [5.41, 5.74) is 5.93. The molecular formula is C9H9N3O. The largest absolute Gasteiger partial charge is 0.369 e. The van der Waals surface area contributed by atoms with Gasteiger partial charge in [-0.25, -0.2) is 4.98 Å². The van der Waals surface area contributed by atoms with Crippen molar-refractivity contribution in [3.05, 3.63) is 29.6 Å². The zero-order valence-corrected chi connectivity index (χ0v) is 7.19. The summed E-state index contributed by atoms with van der Waals surface area (Å²) in [4.78, 5) is 14.7. The van der Waals surface area contributed by atoms with Crippen LogP contribution in [0.25, 0.3) is 0 Å². The maximum absolute atomic E-state index is 10.8. The molecule has 4 heteroatoms. The highest BCUT2D eigenvalue weighted by Crippen LogP contribution is 2.11. The summed E-state index contributed by atoms with van der Waals surface area (Å²) in [6.45, 7) is 1.66. The SMILES string of the molecule is CC(C(N)=O)c1cccc(C#N)n1. The monoisotopic (exact) mass is 175 g/mol. The van der Waals surface area contributed by atoms with Crippen LogP contribution in [0.2, 0.25) is 0 Å². The first-order valence-corrected chi connectivity index (χ1v) is 3.81. The van der Waals surface area contributed by atoms with E-state index in [4.69, 9.17) is 11.0 Å². The molecule has 0 spiro atoms. The van der Waals surface area contributed by atoms with Gasteiger partial charge in [0, 0.05) is 0 Å². The third-order valence-corrected chi connectivity index (χ3v) is 1.76. The highest BCUT2D eigenvalue weighted by atomic mass is 16.1. The van der Waals surface area contributed by atoms with Crippen LogP contribution >= 0.6 is 0 Å². The molecule has 1 rings (SSSR count). The smallest absolute Gasteiger partial charge is 0.226 e. The van der Waals surface area contributed by atoms with Crippen molar-refractivity contribution >= 4 is 5.91 Å². The standard InChI is InChI=1S/C9H9N3O/c1-6(9(11)13)8-4-2-3-7(5-10)12-8/h2-4,6H,1H3,(H2,11,13). The molecule has 13 heavy (non-hydrogen) atoms. The first-order valence-electron chi connectivity index (χ1n) is 3.81. The molecule has 0 aliphatic rings. The quantitative estimate of drug-likeness (QED) is 0.712. The lowest BCUT2D eigenvalue weighted by Crippen LogP contribution is -2.19. The Morgan fingerprint density at radius 3 is 2.92 bits per heavy atom. The fourth-order valence-corrected chi connectivity index (χ4v) is 0.901. The average Bonchev–Trinajstić information content (AvgIpc) is 2.16. The molecule has 1 amide bonds. The zero-order valence-electron chi connectivity index (χ0n) is 7.19. The molecule has 0 bridgehead atoms. The second-order valence-electron chi connectivity index (χ2n) is 2.68. The number of carbonyl (C=O) groups excluding carboxylic acids is 1. The van der Waals surface area contributed by atoms with Crippen LogP contribution in [0, 0.1) is 11.3 Å². The van der Waals surface area contributed by atoms with E-state index in [9.17, 15) is 4.79 Å². The number of pyridine rings is 1. The molecule has 1 heterocycles. The van der Waals surface area contributed by atoms with Crippen molar-refractivity contribution < 1.29 is 4.79 Å². The summed E-state index contributed by atoms with van der Waals surface area (Å²) in [5.74, 6) is -0.893. The minimum Gasteiger partial charge on any atom is -0.369 e. The van der Waals surface area contributed by atoms with Crippen LogP contribution in [0.15, 0.2) is 18.2 Å². The lowest BCUT2D eigenvalue weighted by molar-refractivity contribution is -0.119. The normalized spacial score (nSPS) is 11.7. The van der Waals surface area contributed by atoms with Gasteiger partial charge in [-0.1, -0.05) is 6.07 Å². The van der Waals surface area contributed by atoms with Crippen LogP contribution in [-0.2, 0) is 4.79 Å². The zero-order chi connectivity index (χ0) is 9.84. The Balaban J connectivity index is 3.03. The molecular weight excluding hydrogens is 166 g/mol. The van der Waals surface area contributed by atoms with E-state index in [0.717, 1.165) is 0 Å². The molecule has 4 nitrogen and oxygen atoms in total. The first kappa shape index (κ1) is 9.20. The molecule has 0 aliphatic heterocycles. The van der Waals surface area contributed by atoms with E-state index in [1.807, 2.05) is 6.07 Å². The van der Waals surface area contributed by atoms with E-state index in [-0.39, 0.29) is 0 Å². The number of rotatable bonds is 2. The molecule has 0 aromatic carbocycles. The predicted molar refractivity (Wildman–Crippen MR) is 46.6 cm³/mol. The Hall–Kier alpha value is -1.89. The maximum Gasteiger partial charge on any atom is 0.226 e. The van der Waals surface area contributed by atoms with Gasteiger partial charge in [-0.05, 0) is 19.1 Å². The van der Waals surface area contributed by atoms with Crippen LogP contribution in [-0.4, -0.2) is 10.9 Å². The van der Waals surface area contributed by atoms with Crippen molar-refractivity contribution in [1.29, 1.82) is 5.26 Å². The van der Waals surface area contributed by atoms with E-state index >= 15 is 0 Å². The van der Waals surface area contributed by atoms with Crippen LogP contribution < -0.4 is 5.73 Å². The Morgan fingerprint density at radius 1 is 1.69 bits per heavy atom. The lowest BCUT2D eigenvalue weighted by atomic mass is 10.1. The lowest BCUT2D eigenvalue weighted by Gasteiger charge is -2.05. The molecule has 1 aromatic heterocycles. The predicted octanol–water partition coefficient (Wildman–Crippen LogP) is 0.542. The van der Waals surface area contributed by atoms with Crippen molar-refractivity contribution in [3.8, 4) is 6.07 Å². The van der Waals surface area contributed by atoms with Crippen molar-refractivity contribution in [2.24, 2.45) is 5.73 Å². The van der Waals surface area contributed by atoms with E-state index in [1.165, 1.54) is 0 Å². The molecule has 0 aliphatic carbocycles. The number of carbonyl (C=O) groups is 1. The second kappa shape index (κ2) is 3.68. The number of nitriles is 1. The number of nitrogens with two attached hydrogens (primary N) is 1. The minimum atomic E-state index is -0.451.